The van der Waals surface area contributed by atoms with Crippen LogP contribution in [0.15, 0.2) is 60.7 Å². The zero-order chi connectivity index (χ0) is 14.9. The molecule has 0 amide bonds. The molecule has 21 heavy (non-hydrogen) atoms. The van der Waals surface area contributed by atoms with E-state index >= 15 is 0 Å². The van der Waals surface area contributed by atoms with Crippen molar-refractivity contribution in [2.75, 3.05) is 6.54 Å². The molecule has 1 aliphatic rings. The van der Waals surface area contributed by atoms with Crippen molar-refractivity contribution in [2.24, 2.45) is 0 Å². The first kappa shape index (κ1) is 13.8. The topological polar surface area (TPSA) is 60.8 Å². The molecule has 0 radical (unpaired) electrons. The lowest BCUT2D eigenvalue weighted by atomic mass is 9.75. The van der Waals surface area contributed by atoms with E-state index in [1.54, 1.807) is 24.3 Å². The molecule has 1 fully saturated rings. The SMILES string of the molecule is O=C(O)C1(c2ccccc2)C(c2ccccc2)CCN1O. The summed E-state index contributed by atoms with van der Waals surface area (Å²) in [6.45, 7) is 0.334. The van der Waals surface area contributed by atoms with Crippen LogP contribution in [0, 0.1) is 0 Å². The highest BCUT2D eigenvalue weighted by Crippen LogP contribution is 2.48. The largest absolute Gasteiger partial charge is 0.480 e. The summed E-state index contributed by atoms with van der Waals surface area (Å²) in [7, 11) is 0. The van der Waals surface area contributed by atoms with Gasteiger partial charge >= 0.3 is 5.97 Å². The van der Waals surface area contributed by atoms with E-state index in [0.29, 0.717) is 18.5 Å². The van der Waals surface area contributed by atoms with Crippen LogP contribution in [0.25, 0.3) is 0 Å². The van der Waals surface area contributed by atoms with Crippen LogP contribution in [0.4, 0.5) is 0 Å². The van der Waals surface area contributed by atoms with Crippen LogP contribution >= 0.6 is 0 Å². The molecule has 1 aliphatic heterocycles. The number of hydroxylamine groups is 2. The van der Waals surface area contributed by atoms with Crippen molar-refractivity contribution in [3.8, 4) is 0 Å². The van der Waals surface area contributed by atoms with E-state index in [-0.39, 0.29) is 5.92 Å². The molecule has 2 unspecified atom stereocenters. The number of hydrogen-bond acceptors (Lipinski definition) is 3. The quantitative estimate of drug-likeness (QED) is 0.909. The molecular weight excluding hydrogens is 266 g/mol. The molecule has 0 aliphatic carbocycles. The Bertz CT molecular complexity index is 629. The second-order valence-corrected chi connectivity index (χ2v) is 5.31. The van der Waals surface area contributed by atoms with Crippen molar-refractivity contribution in [3.05, 3.63) is 71.8 Å². The Kier molecular flexibility index (Phi) is 3.49. The molecule has 2 aromatic rings. The summed E-state index contributed by atoms with van der Waals surface area (Å²) in [5, 5.41) is 21.2. The van der Waals surface area contributed by atoms with Gasteiger partial charge in [-0.2, -0.15) is 5.06 Å². The summed E-state index contributed by atoms with van der Waals surface area (Å²) in [5.74, 6) is -1.31. The first-order chi connectivity index (χ1) is 10.2. The molecule has 2 atom stereocenters. The Labute approximate surface area is 123 Å². The highest BCUT2D eigenvalue weighted by Gasteiger charge is 2.56. The minimum absolute atomic E-state index is 0.288. The normalized spacial score (nSPS) is 25.9. The van der Waals surface area contributed by atoms with Crippen molar-refractivity contribution in [1.29, 1.82) is 0 Å². The van der Waals surface area contributed by atoms with Gasteiger partial charge in [0.1, 0.15) is 0 Å². The molecule has 2 aromatic carbocycles. The Morgan fingerprint density at radius 3 is 2.19 bits per heavy atom. The van der Waals surface area contributed by atoms with E-state index in [1.165, 1.54) is 0 Å². The number of hydrogen-bond donors (Lipinski definition) is 2. The lowest BCUT2D eigenvalue weighted by Gasteiger charge is -2.35. The molecule has 1 heterocycles. The van der Waals surface area contributed by atoms with Gasteiger partial charge in [-0.25, -0.2) is 4.79 Å². The van der Waals surface area contributed by atoms with Gasteiger partial charge in [-0.1, -0.05) is 60.7 Å². The van der Waals surface area contributed by atoms with Crippen LogP contribution in [0.5, 0.6) is 0 Å². The van der Waals surface area contributed by atoms with Crippen molar-refractivity contribution in [1.82, 2.24) is 5.06 Å². The van der Waals surface area contributed by atoms with Gasteiger partial charge < -0.3 is 10.3 Å². The average Bonchev–Trinajstić information content (AvgIpc) is 2.87. The number of carbonyl (C=O) groups is 1. The fourth-order valence-corrected chi connectivity index (χ4v) is 3.34. The predicted octanol–water partition coefficient (Wildman–Crippen LogP) is 2.85. The van der Waals surface area contributed by atoms with Crippen LogP contribution in [-0.4, -0.2) is 27.9 Å². The van der Waals surface area contributed by atoms with E-state index in [2.05, 4.69) is 0 Å². The van der Waals surface area contributed by atoms with Gasteiger partial charge in [0.15, 0.2) is 5.54 Å². The lowest BCUT2D eigenvalue weighted by Crippen LogP contribution is -2.49. The van der Waals surface area contributed by atoms with Crippen molar-refractivity contribution >= 4 is 5.97 Å². The average molecular weight is 283 g/mol. The maximum Gasteiger partial charge on any atom is 0.331 e. The van der Waals surface area contributed by atoms with Gasteiger partial charge in [0, 0.05) is 12.5 Å². The third-order valence-electron chi connectivity index (χ3n) is 4.28. The van der Waals surface area contributed by atoms with Gasteiger partial charge in [0.25, 0.3) is 0 Å². The molecule has 108 valence electrons. The van der Waals surface area contributed by atoms with E-state index < -0.39 is 11.5 Å². The van der Waals surface area contributed by atoms with Crippen molar-refractivity contribution in [2.45, 2.75) is 17.9 Å². The predicted molar refractivity (Wildman–Crippen MR) is 78.0 cm³/mol. The van der Waals surface area contributed by atoms with Gasteiger partial charge in [-0.3, -0.25) is 0 Å². The first-order valence-electron chi connectivity index (χ1n) is 6.97. The Hall–Kier alpha value is -2.17. The fraction of sp³-hybridized carbons (Fsp3) is 0.235. The minimum Gasteiger partial charge on any atom is -0.480 e. The second-order valence-electron chi connectivity index (χ2n) is 5.31. The number of carboxylic acid groups (broad SMARTS) is 1. The van der Waals surface area contributed by atoms with Crippen molar-refractivity contribution < 1.29 is 15.1 Å². The molecule has 0 bridgehead atoms. The number of aliphatic carboxylic acids is 1. The fourth-order valence-electron chi connectivity index (χ4n) is 3.34. The molecule has 2 N–H and O–H groups in total. The standard InChI is InChI=1S/C17H17NO3/c19-16(20)17(14-9-5-2-6-10-14)15(11-12-18(17)21)13-7-3-1-4-8-13/h1-10,15,21H,11-12H2,(H,19,20). The molecule has 1 saturated heterocycles. The van der Waals surface area contributed by atoms with Gasteiger partial charge in [0.2, 0.25) is 0 Å². The Morgan fingerprint density at radius 1 is 1.05 bits per heavy atom. The zero-order valence-corrected chi connectivity index (χ0v) is 11.5. The summed E-state index contributed by atoms with van der Waals surface area (Å²) >= 11 is 0. The number of rotatable bonds is 3. The second kappa shape index (κ2) is 5.31. The third-order valence-corrected chi connectivity index (χ3v) is 4.28. The molecule has 4 heteroatoms. The van der Waals surface area contributed by atoms with Crippen molar-refractivity contribution in [3.63, 3.8) is 0 Å². The van der Waals surface area contributed by atoms with E-state index in [4.69, 9.17) is 0 Å². The van der Waals surface area contributed by atoms with Crippen LogP contribution in [-0.2, 0) is 10.3 Å². The number of carboxylic acids is 1. The van der Waals surface area contributed by atoms with Crippen LogP contribution in [0.2, 0.25) is 0 Å². The maximum absolute atomic E-state index is 12.1. The molecule has 0 saturated carbocycles. The van der Waals surface area contributed by atoms with Crippen LogP contribution < -0.4 is 0 Å². The Morgan fingerprint density at radius 2 is 1.62 bits per heavy atom. The zero-order valence-electron chi connectivity index (χ0n) is 11.5. The monoisotopic (exact) mass is 283 g/mol. The molecular formula is C17H17NO3. The highest BCUT2D eigenvalue weighted by molar-refractivity contribution is 5.83. The maximum atomic E-state index is 12.1. The molecule has 0 spiro atoms. The third kappa shape index (κ3) is 2.04. The van der Waals surface area contributed by atoms with Gasteiger partial charge in [-0.15, -0.1) is 0 Å². The lowest BCUT2D eigenvalue weighted by molar-refractivity contribution is -0.189. The van der Waals surface area contributed by atoms with E-state index in [1.807, 2.05) is 36.4 Å². The summed E-state index contributed by atoms with van der Waals surface area (Å²) in [4.78, 5) is 12.1. The summed E-state index contributed by atoms with van der Waals surface area (Å²) in [5.41, 5.74) is 0.106. The van der Waals surface area contributed by atoms with E-state index in [9.17, 15) is 15.1 Å². The van der Waals surface area contributed by atoms with E-state index in [0.717, 1.165) is 10.6 Å². The number of benzene rings is 2. The first-order valence-corrected chi connectivity index (χ1v) is 6.97. The Balaban J connectivity index is 2.18. The van der Waals surface area contributed by atoms with Crippen LogP contribution in [0.1, 0.15) is 23.5 Å². The number of nitrogens with zero attached hydrogens (tertiary/aromatic N) is 1. The summed E-state index contributed by atoms with van der Waals surface area (Å²) in [6.07, 6.45) is 0.599. The summed E-state index contributed by atoms with van der Waals surface area (Å²) in [6, 6.07) is 18.5. The smallest absolute Gasteiger partial charge is 0.331 e. The van der Waals surface area contributed by atoms with Gasteiger partial charge in [0.05, 0.1) is 0 Å². The minimum atomic E-state index is -1.43. The van der Waals surface area contributed by atoms with Gasteiger partial charge in [-0.05, 0) is 17.5 Å². The molecule has 3 rings (SSSR count). The highest BCUT2D eigenvalue weighted by atomic mass is 16.5. The molecule has 4 nitrogen and oxygen atoms in total. The summed E-state index contributed by atoms with van der Waals surface area (Å²) < 4.78 is 0. The van der Waals surface area contributed by atoms with Crippen LogP contribution in [0.3, 0.4) is 0 Å². The molecule has 0 aromatic heterocycles.